The highest BCUT2D eigenvalue weighted by molar-refractivity contribution is 6.22. The van der Waals surface area contributed by atoms with Crippen LogP contribution in [-0.4, -0.2) is 52.7 Å². The van der Waals surface area contributed by atoms with Crippen LogP contribution in [0.3, 0.4) is 0 Å². The number of carbonyl (C=O) groups is 3. The SMILES string of the molecule is COc1ccc(C2c3[nH]c4ccccc4c3CCN2C(=O)CN2C(=O)c3ccccc3C2=O)cc1. The van der Waals surface area contributed by atoms with E-state index in [1.807, 2.05) is 42.5 Å². The Labute approximate surface area is 201 Å². The number of fused-ring (bicyclic) bond motifs is 4. The summed E-state index contributed by atoms with van der Waals surface area (Å²) in [6.07, 6.45) is 0.680. The van der Waals surface area contributed by atoms with Crippen molar-refractivity contribution < 1.29 is 19.1 Å². The summed E-state index contributed by atoms with van der Waals surface area (Å²) in [5.41, 5.74) is 4.77. The minimum Gasteiger partial charge on any atom is -0.497 e. The summed E-state index contributed by atoms with van der Waals surface area (Å²) in [7, 11) is 1.61. The molecule has 3 amide bonds. The van der Waals surface area contributed by atoms with Crippen LogP contribution in [0.5, 0.6) is 5.75 Å². The molecule has 0 radical (unpaired) electrons. The van der Waals surface area contributed by atoms with E-state index in [1.54, 1.807) is 36.3 Å². The summed E-state index contributed by atoms with van der Waals surface area (Å²) in [6, 6.07) is 22.1. The van der Waals surface area contributed by atoms with E-state index >= 15 is 0 Å². The van der Waals surface area contributed by atoms with Crippen molar-refractivity contribution in [3.63, 3.8) is 0 Å². The van der Waals surface area contributed by atoms with E-state index in [-0.39, 0.29) is 18.5 Å². The van der Waals surface area contributed by atoms with Gasteiger partial charge in [-0.1, -0.05) is 42.5 Å². The summed E-state index contributed by atoms with van der Waals surface area (Å²) in [4.78, 5) is 45.8. The van der Waals surface area contributed by atoms with Crippen LogP contribution < -0.4 is 4.74 Å². The van der Waals surface area contributed by atoms with Crippen LogP contribution in [0, 0.1) is 0 Å². The van der Waals surface area contributed by atoms with E-state index in [4.69, 9.17) is 4.74 Å². The molecule has 1 aromatic heterocycles. The Morgan fingerprint density at radius 3 is 2.29 bits per heavy atom. The van der Waals surface area contributed by atoms with Crippen molar-refractivity contribution in [2.75, 3.05) is 20.2 Å². The molecule has 3 heterocycles. The molecule has 0 bridgehead atoms. The van der Waals surface area contributed by atoms with Crippen LogP contribution in [0.25, 0.3) is 10.9 Å². The van der Waals surface area contributed by atoms with E-state index in [0.29, 0.717) is 24.1 Å². The van der Waals surface area contributed by atoms with Crippen molar-refractivity contribution in [1.29, 1.82) is 0 Å². The Morgan fingerprint density at radius 2 is 1.60 bits per heavy atom. The van der Waals surface area contributed by atoms with Crippen LogP contribution >= 0.6 is 0 Å². The lowest BCUT2D eigenvalue weighted by Crippen LogP contribution is -2.47. The fraction of sp³-hybridized carbons (Fsp3) is 0.179. The zero-order valence-corrected chi connectivity index (χ0v) is 19.2. The van der Waals surface area contributed by atoms with Crippen molar-refractivity contribution in [2.24, 2.45) is 0 Å². The van der Waals surface area contributed by atoms with Gasteiger partial charge in [-0.2, -0.15) is 0 Å². The fourth-order valence-electron chi connectivity index (χ4n) is 5.25. The van der Waals surface area contributed by atoms with Crippen molar-refractivity contribution >= 4 is 28.6 Å². The van der Waals surface area contributed by atoms with Crippen LogP contribution in [0.2, 0.25) is 0 Å². The zero-order valence-electron chi connectivity index (χ0n) is 19.2. The molecule has 2 aliphatic heterocycles. The van der Waals surface area contributed by atoms with Gasteiger partial charge in [-0.15, -0.1) is 0 Å². The normalized spacial score (nSPS) is 17.0. The predicted octanol–water partition coefficient (Wildman–Crippen LogP) is 3.95. The zero-order chi connectivity index (χ0) is 24.1. The third-order valence-electron chi connectivity index (χ3n) is 6.96. The molecule has 0 aliphatic carbocycles. The molecule has 0 spiro atoms. The first-order valence-electron chi connectivity index (χ1n) is 11.5. The smallest absolute Gasteiger partial charge is 0.262 e. The van der Waals surface area contributed by atoms with Gasteiger partial charge in [0.25, 0.3) is 11.8 Å². The molecule has 6 rings (SSSR count). The summed E-state index contributed by atoms with van der Waals surface area (Å²) >= 11 is 0. The summed E-state index contributed by atoms with van der Waals surface area (Å²) in [5.74, 6) is -0.401. The monoisotopic (exact) mass is 465 g/mol. The highest BCUT2D eigenvalue weighted by Crippen LogP contribution is 2.39. The Bertz CT molecular complexity index is 1450. The van der Waals surface area contributed by atoms with Crippen molar-refractivity contribution in [2.45, 2.75) is 12.5 Å². The van der Waals surface area contributed by atoms with E-state index in [9.17, 15) is 14.4 Å². The minimum absolute atomic E-state index is 0.273. The Hall–Kier alpha value is -4.39. The second-order valence-corrected chi connectivity index (χ2v) is 8.82. The van der Waals surface area contributed by atoms with Gasteiger partial charge in [0.15, 0.2) is 0 Å². The number of hydrogen-bond donors (Lipinski definition) is 1. The van der Waals surface area contributed by atoms with E-state index in [1.165, 1.54) is 5.56 Å². The van der Waals surface area contributed by atoms with Crippen LogP contribution in [-0.2, 0) is 11.2 Å². The lowest BCUT2D eigenvalue weighted by molar-refractivity contribution is -0.133. The molecular weight excluding hydrogens is 442 g/mol. The highest BCUT2D eigenvalue weighted by Gasteiger charge is 2.40. The average molecular weight is 466 g/mol. The number of imide groups is 1. The number of H-pyrrole nitrogens is 1. The number of ether oxygens (including phenoxy) is 1. The number of rotatable bonds is 4. The predicted molar refractivity (Wildman–Crippen MR) is 130 cm³/mol. The lowest BCUT2D eigenvalue weighted by Gasteiger charge is -2.37. The minimum atomic E-state index is -0.428. The molecule has 7 nitrogen and oxygen atoms in total. The van der Waals surface area contributed by atoms with Crippen LogP contribution in [0.15, 0.2) is 72.8 Å². The number of aromatic amines is 1. The van der Waals surface area contributed by atoms with E-state index in [0.717, 1.165) is 32.8 Å². The fourth-order valence-corrected chi connectivity index (χ4v) is 5.25. The second kappa shape index (κ2) is 8.13. The van der Waals surface area contributed by atoms with Gasteiger partial charge < -0.3 is 14.6 Å². The third kappa shape index (κ3) is 3.31. The third-order valence-corrected chi connectivity index (χ3v) is 6.96. The molecule has 35 heavy (non-hydrogen) atoms. The number of benzene rings is 3. The van der Waals surface area contributed by atoms with Crippen molar-refractivity contribution in [1.82, 2.24) is 14.8 Å². The van der Waals surface area contributed by atoms with Gasteiger partial charge in [0, 0.05) is 23.1 Å². The van der Waals surface area contributed by atoms with Crippen molar-refractivity contribution in [3.05, 3.63) is 101 Å². The summed E-state index contributed by atoms with van der Waals surface area (Å²) in [5, 5.41) is 1.15. The molecule has 0 saturated heterocycles. The van der Waals surface area contributed by atoms with Gasteiger partial charge in [-0.25, -0.2) is 0 Å². The van der Waals surface area contributed by atoms with Crippen molar-refractivity contribution in [3.8, 4) is 5.75 Å². The van der Waals surface area contributed by atoms with Crippen LogP contribution in [0.1, 0.15) is 43.6 Å². The number of nitrogens with one attached hydrogen (secondary N) is 1. The number of amides is 3. The molecule has 1 N–H and O–H groups in total. The molecule has 7 heteroatoms. The number of carbonyl (C=O) groups excluding carboxylic acids is 3. The largest absolute Gasteiger partial charge is 0.497 e. The highest BCUT2D eigenvalue weighted by atomic mass is 16.5. The molecule has 1 atom stereocenters. The Balaban J connectivity index is 1.38. The Morgan fingerprint density at radius 1 is 0.943 bits per heavy atom. The molecule has 4 aromatic rings. The topological polar surface area (TPSA) is 82.7 Å². The molecule has 174 valence electrons. The second-order valence-electron chi connectivity index (χ2n) is 8.82. The first-order valence-corrected chi connectivity index (χ1v) is 11.5. The van der Waals surface area contributed by atoms with Gasteiger partial charge in [-0.05, 0) is 47.9 Å². The maximum Gasteiger partial charge on any atom is 0.262 e. The van der Waals surface area contributed by atoms with Gasteiger partial charge >= 0.3 is 0 Å². The number of methoxy groups -OCH3 is 1. The quantitative estimate of drug-likeness (QED) is 0.463. The first kappa shape index (κ1) is 21.2. The molecular formula is C28H23N3O4. The van der Waals surface area contributed by atoms with E-state index in [2.05, 4.69) is 11.1 Å². The maximum absolute atomic E-state index is 13.7. The van der Waals surface area contributed by atoms with Gasteiger partial charge in [0.1, 0.15) is 12.3 Å². The number of aromatic nitrogens is 1. The summed E-state index contributed by atoms with van der Waals surface area (Å²) in [6.45, 7) is 0.183. The molecule has 1 unspecified atom stereocenters. The first-order chi connectivity index (χ1) is 17.1. The molecule has 0 saturated carbocycles. The standard InChI is InChI=1S/C28H23N3O4/c1-35-18-12-10-17(11-13-18)26-25-20(19-6-4-5-9-23(19)29-25)14-15-30(26)24(32)16-31-27(33)21-7-2-3-8-22(21)28(31)34/h2-13,26,29H,14-16H2,1H3. The number of hydrogen-bond acceptors (Lipinski definition) is 4. The number of para-hydroxylation sites is 1. The lowest BCUT2D eigenvalue weighted by atomic mass is 9.92. The maximum atomic E-state index is 13.7. The van der Waals surface area contributed by atoms with E-state index < -0.39 is 11.8 Å². The average Bonchev–Trinajstić information content (AvgIpc) is 3.39. The van der Waals surface area contributed by atoms with Gasteiger partial charge in [0.2, 0.25) is 5.91 Å². The Kier molecular flexibility index (Phi) is 4.91. The van der Waals surface area contributed by atoms with Crippen LogP contribution in [0.4, 0.5) is 0 Å². The number of nitrogens with zero attached hydrogens (tertiary/aromatic N) is 2. The van der Waals surface area contributed by atoms with Gasteiger partial charge in [0.05, 0.1) is 24.3 Å². The molecule has 2 aliphatic rings. The molecule has 3 aromatic carbocycles. The molecule has 0 fully saturated rings. The van der Waals surface area contributed by atoms with Gasteiger partial charge in [-0.3, -0.25) is 19.3 Å². The summed E-state index contributed by atoms with van der Waals surface area (Å²) < 4.78 is 5.32.